The molecule has 2 rings (SSSR count). The zero-order valence-corrected chi connectivity index (χ0v) is 17.3. The van der Waals surface area contributed by atoms with Gasteiger partial charge >= 0.3 is 5.97 Å². The van der Waals surface area contributed by atoms with Crippen molar-refractivity contribution in [2.75, 3.05) is 19.7 Å². The molecule has 2 aromatic carbocycles. The normalized spacial score (nSPS) is 10.2. The van der Waals surface area contributed by atoms with Crippen LogP contribution in [-0.2, 0) is 4.74 Å². The largest absolute Gasteiger partial charge is 0.461 e. The molecule has 2 aromatic rings. The monoisotopic (exact) mass is 385 g/mol. The number of aryl methyl sites for hydroxylation is 2. The van der Waals surface area contributed by atoms with Crippen molar-refractivity contribution in [2.24, 2.45) is 0 Å². The predicted octanol–water partition coefficient (Wildman–Crippen LogP) is 4.84. The molecule has 0 amide bonds. The molecule has 0 saturated heterocycles. The maximum atomic E-state index is 12.1. The topological polar surface area (TPSA) is 66.8 Å². The van der Waals surface area contributed by atoms with Crippen LogP contribution in [0.1, 0.15) is 58.5 Å². The van der Waals surface area contributed by atoms with Gasteiger partial charge in [0.25, 0.3) is 0 Å². The summed E-state index contributed by atoms with van der Waals surface area (Å²) >= 11 is 0. The molecule has 0 aliphatic rings. The molecular formula is C23H31NO4. The molecule has 0 heterocycles. The van der Waals surface area contributed by atoms with Gasteiger partial charge in [-0.3, -0.25) is 4.79 Å². The van der Waals surface area contributed by atoms with Crippen LogP contribution in [0.15, 0.2) is 48.5 Å². The van der Waals surface area contributed by atoms with Gasteiger partial charge in [-0.2, -0.15) is 5.06 Å². The Morgan fingerprint density at radius 1 is 0.857 bits per heavy atom. The maximum absolute atomic E-state index is 12.1. The smallest absolute Gasteiger partial charge is 0.338 e. The highest BCUT2D eigenvalue weighted by atomic mass is 16.5. The highest BCUT2D eigenvalue weighted by molar-refractivity contribution is 5.96. The number of rotatable bonds is 9. The first-order chi connectivity index (χ1) is 13.5. The fourth-order valence-electron chi connectivity index (χ4n) is 2.43. The molecule has 0 radical (unpaired) electrons. The van der Waals surface area contributed by atoms with Gasteiger partial charge in [-0.15, -0.1) is 0 Å². The van der Waals surface area contributed by atoms with Crippen molar-refractivity contribution >= 4 is 11.8 Å². The number of ether oxygens (including phenoxy) is 1. The molecule has 0 atom stereocenters. The standard InChI is InChI=1S/C21H25NO4.C2H6/c1-16-5-9-18(10-6-16)20(23)4-3-13-22(25)14-15-26-21(24)19-11-7-17(2)8-12-19;1-2/h5-12,25H,3-4,13-15H2,1-2H3;1-2H3. The van der Waals surface area contributed by atoms with Crippen LogP contribution >= 0.6 is 0 Å². The first kappa shape index (κ1) is 23.5. The number of carbonyl (C=O) groups excluding carboxylic acids is 2. The van der Waals surface area contributed by atoms with Gasteiger partial charge in [0, 0.05) is 18.5 Å². The number of hydroxylamine groups is 2. The average molecular weight is 386 g/mol. The quantitative estimate of drug-likeness (QED) is 0.380. The Morgan fingerprint density at radius 3 is 1.89 bits per heavy atom. The van der Waals surface area contributed by atoms with E-state index in [1.165, 1.54) is 0 Å². The van der Waals surface area contributed by atoms with Crippen molar-refractivity contribution in [3.63, 3.8) is 0 Å². The Balaban J connectivity index is 0.00000190. The molecule has 1 N–H and O–H groups in total. The fraction of sp³-hybridized carbons (Fsp3) is 0.391. The van der Waals surface area contributed by atoms with Crippen LogP contribution in [0, 0.1) is 13.8 Å². The van der Waals surface area contributed by atoms with Crippen LogP contribution in [0.4, 0.5) is 0 Å². The van der Waals surface area contributed by atoms with E-state index in [2.05, 4.69) is 0 Å². The number of carbonyl (C=O) groups is 2. The van der Waals surface area contributed by atoms with Crippen LogP contribution in [-0.4, -0.2) is 41.7 Å². The minimum Gasteiger partial charge on any atom is -0.461 e. The first-order valence-corrected chi connectivity index (χ1v) is 9.73. The van der Waals surface area contributed by atoms with Crippen molar-refractivity contribution in [3.05, 3.63) is 70.8 Å². The summed E-state index contributed by atoms with van der Waals surface area (Å²) in [6.45, 7) is 8.57. The molecule has 152 valence electrons. The number of benzene rings is 2. The van der Waals surface area contributed by atoms with Crippen LogP contribution in [0.3, 0.4) is 0 Å². The van der Waals surface area contributed by atoms with E-state index < -0.39 is 5.97 Å². The second-order valence-corrected chi connectivity index (χ2v) is 6.35. The SMILES string of the molecule is CC.Cc1ccc(C(=O)CCCN(O)CCOC(=O)c2ccc(C)cc2)cc1. The van der Waals surface area contributed by atoms with Crippen molar-refractivity contribution < 1.29 is 19.5 Å². The zero-order valence-electron chi connectivity index (χ0n) is 17.3. The van der Waals surface area contributed by atoms with E-state index >= 15 is 0 Å². The number of nitrogens with zero attached hydrogens (tertiary/aromatic N) is 1. The van der Waals surface area contributed by atoms with E-state index in [4.69, 9.17) is 4.74 Å². The molecule has 0 spiro atoms. The number of esters is 1. The van der Waals surface area contributed by atoms with Crippen molar-refractivity contribution in [3.8, 4) is 0 Å². The highest BCUT2D eigenvalue weighted by Gasteiger charge is 2.09. The van der Waals surface area contributed by atoms with Crippen LogP contribution in [0.5, 0.6) is 0 Å². The lowest BCUT2D eigenvalue weighted by molar-refractivity contribution is -0.0998. The van der Waals surface area contributed by atoms with Crippen LogP contribution < -0.4 is 0 Å². The maximum Gasteiger partial charge on any atom is 0.338 e. The molecule has 0 bridgehead atoms. The second-order valence-electron chi connectivity index (χ2n) is 6.35. The lowest BCUT2D eigenvalue weighted by atomic mass is 10.1. The van der Waals surface area contributed by atoms with Crippen molar-refractivity contribution in [2.45, 2.75) is 40.5 Å². The fourth-order valence-corrected chi connectivity index (χ4v) is 2.43. The minimum atomic E-state index is -0.409. The number of Topliss-reactive ketones (excluding diaryl/α,β-unsaturated/α-hetero) is 1. The van der Waals surface area contributed by atoms with Crippen LogP contribution in [0.25, 0.3) is 0 Å². The van der Waals surface area contributed by atoms with E-state index in [0.717, 1.165) is 16.2 Å². The van der Waals surface area contributed by atoms with Gasteiger partial charge < -0.3 is 9.94 Å². The average Bonchev–Trinajstić information content (AvgIpc) is 2.70. The van der Waals surface area contributed by atoms with E-state index in [-0.39, 0.29) is 18.9 Å². The lowest BCUT2D eigenvalue weighted by Gasteiger charge is -2.14. The van der Waals surface area contributed by atoms with Gasteiger partial charge in [-0.05, 0) is 32.4 Å². The van der Waals surface area contributed by atoms with E-state index in [0.29, 0.717) is 30.5 Å². The molecule has 5 nitrogen and oxygen atoms in total. The lowest BCUT2D eigenvalue weighted by Crippen LogP contribution is -2.26. The molecule has 0 aromatic heterocycles. The Labute approximate surface area is 167 Å². The molecule has 28 heavy (non-hydrogen) atoms. The second kappa shape index (κ2) is 12.8. The number of hydrogen-bond donors (Lipinski definition) is 1. The van der Waals surface area contributed by atoms with Crippen molar-refractivity contribution in [1.82, 2.24) is 5.06 Å². The summed E-state index contributed by atoms with van der Waals surface area (Å²) in [6.07, 6.45) is 0.901. The van der Waals surface area contributed by atoms with Gasteiger partial charge in [-0.25, -0.2) is 4.79 Å². The number of hydrogen-bond acceptors (Lipinski definition) is 5. The van der Waals surface area contributed by atoms with E-state index in [9.17, 15) is 14.8 Å². The molecule has 0 unspecified atom stereocenters. The summed E-state index contributed by atoms with van der Waals surface area (Å²) in [6, 6.07) is 14.6. The number of ketones is 1. The molecule has 5 heteroatoms. The van der Waals surface area contributed by atoms with Gasteiger partial charge in [0.1, 0.15) is 6.61 Å². The van der Waals surface area contributed by atoms with Gasteiger partial charge in [0.2, 0.25) is 0 Å². The Bertz CT molecular complexity index is 660. The molecule has 0 aliphatic carbocycles. The van der Waals surface area contributed by atoms with Crippen LogP contribution in [0.2, 0.25) is 0 Å². The summed E-state index contributed by atoms with van der Waals surface area (Å²) in [7, 11) is 0. The van der Waals surface area contributed by atoms with E-state index in [1.54, 1.807) is 12.1 Å². The minimum absolute atomic E-state index is 0.0594. The Morgan fingerprint density at radius 2 is 1.36 bits per heavy atom. The molecular weight excluding hydrogens is 354 g/mol. The predicted molar refractivity (Wildman–Crippen MR) is 111 cm³/mol. The molecule has 0 fully saturated rings. The molecule has 0 aliphatic heterocycles. The molecule has 0 saturated carbocycles. The third-order valence-electron chi connectivity index (χ3n) is 4.06. The van der Waals surface area contributed by atoms with Crippen molar-refractivity contribution in [1.29, 1.82) is 0 Å². The van der Waals surface area contributed by atoms with Gasteiger partial charge in [0.05, 0.1) is 12.1 Å². The van der Waals surface area contributed by atoms with Gasteiger partial charge in [0.15, 0.2) is 5.78 Å². The van der Waals surface area contributed by atoms with Gasteiger partial charge in [-0.1, -0.05) is 61.4 Å². The summed E-state index contributed by atoms with van der Waals surface area (Å²) < 4.78 is 5.14. The third kappa shape index (κ3) is 8.46. The van der Waals surface area contributed by atoms with E-state index in [1.807, 2.05) is 64.1 Å². The Kier molecular flexibility index (Phi) is 10.8. The summed E-state index contributed by atoms with van der Waals surface area (Å²) in [5, 5.41) is 10.9. The highest BCUT2D eigenvalue weighted by Crippen LogP contribution is 2.08. The zero-order chi connectivity index (χ0) is 20.9. The summed E-state index contributed by atoms with van der Waals surface area (Å²) in [5.74, 6) is -0.350. The third-order valence-corrected chi connectivity index (χ3v) is 4.06. The first-order valence-electron chi connectivity index (χ1n) is 9.73. The summed E-state index contributed by atoms with van der Waals surface area (Å²) in [5.41, 5.74) is 3.36. The Hall–Kier alpha value is -2.50. The summed E-state index contributed by atoms with van der Waals surface area (Å²) in [4.78, 5) is 23.9.